The Hall–Kier alpha value is -2.70. The number of methoxy groups -OCH3 is 2. The third-order valence-electron chi connectivity index (χ3n) is 5.63. The Morgan fingerprint density at radius 2 is 1.62 bits per heavy atom. The number of fused-ring (bicyclic) bond motifs is 2. The number of rotatable bonds is 3. The van der Waals surface area contributed by atoms with Gasteiger partial charge in [0.2, 0.25) is 0 Å². The van der Waals surface area contributed by atoms with Gasteiger partial charge in [-0.1, -0.05) is 29.8 Å². The van der Waals surface area contributed by atoms with Crippen molar-refractivity contribution in [2.75, 3.05) is 19.2 Å². The highest BCUT2D eigenvalue weighted by atomic mass is 16.5. The minimum absolute atomic E-state index is 0.0904. The fourth-order valence-corrected chi connectivity index (χ4v) is 4.59. The van der Waals surface area contributed by atoms with Crippen LogP contribution in [0.15, 0.2) is 51.8 Å². The van der Waals surface area contributed by atoms with Crippen molar-refractivity contribution in [3.63, 3.8) is 0 Å². The average molecular weight is 355 g/mol. The summed E-state index contributed by atoms with van der Waals surface area (Å²) in [6.45, 7) is 0. The maximum atomic E-state index is 12.6. The standard InChI is InChI=1S/C19H21N3O4/c1-25-18(23)14-12-9-6-10-13(15(14)19(24)26-2)17-16(12)20-21-22(17)11-7-4-3-5-8-11/h3-5,7-8,12-13,16-17H,6,9-10H2,1-2H3/t12-,13-,16+,17+/m0/s1. The summed E-state index contributed by atoms with van der Waals surface area (Å²) in [4.78, 5) is 25.1. The van der Waals surface area contributed by atoms with Crippen molar-refractivity contribution in [2.45, 2.75) is 31.3 Å². The first kappa shape index (κ1) is 16.8. The summed E-state index contributed by atoms with van der Waals surface area (Å²) >= 11 is 0. The molecule has 136 valence electrons. The second kappa shape index (κ2) is 6.55. The summed E-state index contributed by atoms with van der Waals surface area (Å²) in [5.74, 6) is -1.27. The number of anilines is 1. The molecule has 26 heavy (non-hydrogen) atoms. The topological polar surface area (TPSA) is 80.6 Å². The van der Waals surface area contributed by atoms with Gasteiger partial charge in [0, 0.05) is 11.8 Å². The van der Waals surface area contributed by atoms with E-state index in [2.05, 4.69) is 10.3 Å². The van der Waals surface area contributed by atoms with Gasteiger partial charge in [0.1, 0.15) is 6.04 Å². The highest BCUT2D eigenvalue weighted by Gasteiger charge is 2.55. The molecule has 1 aromatic rings. The van der Waals surface area contributed by atoms with Gasteiger partial charge >= 0.3 is 11.9 Å². The Kier molecular flexibility index (Phi) is 4.22. The molecule has 0 radical (unpaired) electrons. The van der Waals surface area contributed by atoms with E-state index in [1.807, 2.05) is 35.3 Å². The molecule has 1 aromatic carbocycles. The third-order valence-corrected chi connectivity index (χ3v) is 5.63. The van der Waals surface area contributed by atoms with Gasteiger partial charge in [0.25, 0.3) is 0 Å². The number of carbonyl (C=O) groups excluding carboxylic acids is 2. The first-order valence-corrected chi connectivity index (χ1v) is 8.83. The molecule has 5 rings (SSSR count). The molecule has 0 saturated heterocycles. The summed E-state index contributed by atoms with van der Waals surface area (Å²) in [7, 11) is 2.69. The summed E-state index contributed by atoms with van der Waals surface area (Å²) in [6, 6.07) is 9.54. The van der Waals surface area contributed by atoms with Gasteiger partial charge in [0.05, 0.1) is 37.1 Å². The average Bonchev–Trinajstić information content (AvgIpc) is 2.94. The van der Waals surface area contributed by atoms with Crippen LogP contribution < -0.4 is 5.01 Å². The number of nitrogens with zero attached hydrogens (tertiary/aromatic N) is 3. The second-order valence-corrected chi connectivity index (χ2v) is 6.82. The number of ether oxygens (including phenoxy) is 2. The Labute approximate surface area is 151 Å². The second-order valence-electron chi connectivity index (χ2n) is 6.82. The Bertz CT molecular complexity index is 789. The number of carbonyl (C=O) groups is 2. The van der Waals surface area contributed by atoms with Crippen LogP contribution in [0, 0.1) is 11.8 Å². The Morgan fingerprint density at radius 1 is 1.00 bits per heavy atom. The van der Waals surface area contributed by atoms with Crippen LogP contribution in [0.5, 0.6) is 0 Å². The van der Waals surface area contributed by atoms with Crippen molar-refractivity contribution in [3.8, 4) is 0 Å². The van der Waals surface area contributed by atoms with E-state index in [4.69, 9.17) is 9.47 Å². The number of hydrogen-bond donors (Lipinski definition) is 0. The maximum Gasteiger partial charge on any atom is 0.334 e. The smallest absolute Gasteiger partial charge is 0.334 e. The van der Waals surface area contributed by atoms with Crippen LogP contribution in [0.3, 0.4) is 0 Å². The van der Waals surface area contributed by atoms with Crippen molar-refractivity contribution in [1.29, 1.82) is 0 Å². The molecule has 0 amide bonds. The van der Waals surface area contributed by atoms with Gasteiger partial charge in [-0.15, -0.1) is 0 Å². The molecule has 3 aliphatic carbocycles. The maximum absolute atomic E-state index is 12.6. The number of esters is 2. The summed E-state index contributed by atoms with van der Waals surface area (Å²) in [6.07, 6.45) is 2.49. The van der Waals surface area contributed by atoms with Gasteiger partial charge in [-0.25, -0.2) is 14.6 Å². The summed E-state index contributed by atoms with van der Waals surface area (Å²) < 4.78 is 10.0. The zero-order chi connectivity index (χ0) is 18.3. The van der Waals surface area contributed by atoms with E-state index in [1.165, 1.54) is 14.2 Å². The number of hydrogen-bond acceptors (Lipinski definition) is 7. The first-order valence-electron chi connectivity index (χ1n) is 8.83. The van der Waals surface area contributed by atoms with E-state index in [9.17, 15) is 9.59 Å². The monoisotopic (exact) mass is 355 g/mol. The molecule has 7 nitrogen and oxygen atoms in total. The molecule has 1 fully saturated rings. The molecule has 7 heteroatoms. The van der Waals surface area contributed by atoms with Crippen LogP contribution in [0.2, 0.25) is 0 Å². The Balaban J connectivity index is 1.84. The summed E-state index contributed by atoms with van der Waals surface area (Å²) in [5, 5.41) is 10.8. The lowest BCUT2D eigenvalue weighted by Crippen LogP contribution is -2.50. The zero-order valence-corrected chi connectivity index (χ0v) is 14.8. The van der Waals surface area contributed by atoms with Crippen molar-refractivity contribution in [1.82, 2.24) is 0 Å². The molecule has 1 heterocycles. The van der Waals surface area contributed by atoms with Crippen molar-refractivity contribution in [2.24, 2.45) is 22.2 Å². The van der Waals surface area contributed by atoms with Crippen LogP contribution in [0.25, 0.3) is 0 Å². The molecule has 0 N–H and O–H groups in total. The molecule has 0 spiro atoms. The van der Waals surface area contributed by atoms with Crippen molar-refractivity contribution < 1.29 is 19.1 Å². The van der Waals surface area contributed by atoms with Crippen LogP contribution in [-0.2, 0) is 19.1 Å². The minimum atomic E-state index is -0.464. The van der Waals surface area contributed by atoms with Gasteiger partial charge in [-0.2, -0.15) is 5.11 Å². The van der Waals surface area contributed by atoms with Crippen LogP contribution in [0.4, 0.5) is 5.69 Å². The van der Waals surface area contributed by atoms with E-state index in [1.54, 1.807) is 0 Å². The highest BCUT2D eigenvalue weighted by Crippen LogP contribution is 2.50. The van der Waals surface area contributed by atoms with Gasteiger partial charge < -0.3 is 9.47 Å². The molecule has 1 saturated carbocycles. The predicted octanol–water partition coefficient (Wildman–Crippen LogP) is 2.68. The lowest BCUT2D eigenvalue weighted by molar-refractivity contribution is -0.140. The lowest BCUT2D eigenvalue weighted by Gasteiger charge is -2.38. The number of benzene rings is 1. The molecular formula is C19H21N3O4. The minimum Gasteiger partial charge on any atom is -0.466 e. The molecule has 2 bridgehead atoms. The molecular weight excluding hydrogens is 334 g/mol. The lowest BCUT2D eigenvalue weighted by atomic mass is 9.71. The molecule has 1 aliphatic heterocycles. The van der Waals surface area contributed by atoms with Gasteiger partial charge in [-0.05, 0) is 25.0 Å². The van der Waals surface area contributed by atoms with E-state index < -0.39 is 11.9 Å². The fourth-order valence-electron chi connectivity index (χ4n) is 4.59. The van der Waals surface area contributed by atoms with E-state index >= 15 is 0 Å². The molecule has 0 unspecified atom stereocenters. The van der Waals surface area contributed by atoms with Crippen LogP contribution in [-0.4, -0.2) is 38.2 Å². The quantitative estimate of drug-likeness (QED) is 0.779. The van der Waals surface area contributed by atoms with Crippen LogP contribution in [0.1, 0.15) is 19.3 Å². The zero-order valence-electron chi connectivity index (χ0n) is 14.8. The first-order chi connectivity index (χ1) is 12.7. The largest absolute Gasteiger partial charge is 0.466 e. The van der Waals surface area contributed by atoms with E-state index in [0.717, 1.165) is 24.9 Å². The molecule has 4 aliphatic rings. The van der Waals surface area contributed by atoms with Crippen molar-refractivity contribution >= 4 is 17.6 Å². The molecule has 0 aromatic heterocycles. The van der Waals surface area contributed by atoms with Gasteiger partial charge in [0.15, 0.2) is 0 Å². The summed E-state index contributed by atoms with van der Waals surface area (Å²) in [5.41, 5.74) is 1.80. The Morgan fingerprint density at radius 3 is 2.27 bits per heavy atom. The van der Waals surface area contributed by atoms with Crippen LogP contribution >= 0.6 is 0 Å². The van der Waals surface area contributed by atoms with Crippen molar-refractivity contribution in [3.05, 3.63) is 41.5 Å². The normalized spacial score (nSPS) is 29.4. The van der Waals surface area contributed by atoms with Gasteiger partial charge in [-0.3, -0.25) is 0 Å². The van der Waals surface area contributed by atoms with E-state index in [0.29, 0.717) is 11.1 Å². The SMILES string of the molecule is COC(=O)C1=C(C(=O)OC)[C@@H]2CCC[C@@H]1[C@H]1N=NN(c3ccccc3)[C@@H]12. The number of para-hydroxylation sites is 1. The van der Waals surface area contributed by atoms with E-state index in [-0.39, 0.29) is 23.9 Å². The third kappa shape index (κ3) is 2.41. The predicted molar refractivity (Wildman–Crippen MR) is 93.2 cm³/mol. The highest BCUT2D eigenvalue weighted by molar-refractivity contribution is 6.02. The fraction of sp³-hybridized carbons (Fsp3) is 0.474. The molecule has 4 atom stereocenters.